The first kappa shape index (κ1) is 19.9. The third-order valence-electron chi connectivity index (χ3n) is 5.06. The van der Waals surface area contributed by atoms with Crippen LogP contribution < -0.4 is 4.90 Å². The van der Waals surface area contributed by atoms with E-state index >= 15 is 0 Å². The number of ether oxygens (including phenoxy) is 1. The molecule has 0 atom stereocenters. The molecule has 3 heterocycles. The molecule has 0 radical (unpaired) electrons. The van der Waals surface area contributed by atoms with Crippen LogP contribution in [0.3, 0.4) is 0 Å². The van der Waals surface area contributed by atoms with Crippen LogP contribution in [0.15, 0.2) is 18.2 Å². The number of thiazole rings is 1. The monoisotopic (exact) mass is 420 g/mol. The van der Waals surface area contributed by atoms with E-state index in [-0.39, 0.29) is 42.9 Å². The van der Waals surface area contributed by atoms with Gasteiger partial charge in [-0.1, -0.05) is 11.3 Å². The number of hydrogen-bond donors (Lipinski definition) is 0. The summed E-state index contributed by atoms with van der Waals surface area (Å²) in [6.07, 6.45) is 0.278. The van der Waals surface area contributed by atoms with Crippen LogP contribution in [0.5, 0.6) is 0 Å². The van der Waals surface area contributed by atoms with Gasteiger partial charge in [-0.05, 0) is 18.2 Å². The zero-order chi connectivity index (χ0) is 20.4. The molecule has 3 amide bonds. The third kappa shape index (κ3) is 4.44. The molecule has 154 valence electrons. The van der Waals surface area contributed by atoms with Gasteiger partial charge in [0.05, 0.1) is 23.4 Å². The number of benzene rings is 1. The Labute approximate surface area is 170 Å². The van der Waals surface area contributed by atoms with Crippen LogP contribution in [-0.4, -0.2) is 78.4 Å². The van der Waals surface area contributed by atoms with Crippen LogP contribution >= 0.6 is 11.3 Å². The van der Waals surface area contributed by atoms with Crippen LogP contribution in [0.25, 0.3) is 10.2 Å². The molecule has 0 unspecified atom stereocenters. The summed E-state index contributed by atoms with van der Waals surface area (Å²) >= 11 is 1.22. The maximum absolute atomic E-state index is 13.6. The zero-order valence-electron chi connectivity index (χ0n) is 15.8. The van der Waals surface area contributed by atoms with Gasteiger partial charge in [0.1, 0.15) is 12.4 Å². The van der Waals surface area contributed by atoms with Crippen LogP contribution in [0.1, 0.15) is 12.8 Å². The lowest BCUT2D eigenvalue weighted by Gasteiger charge is -2.29. The number of nitrogens with zero attached hydrogens (tertiary/aromatic N) is 4. The predicted molar refractivity (Wildman–Crippen MR) is 105 cm³/mol. The SMILES string of the molecule is O=C1CCC(=O)N1CC(=O)N(CCN1CCOCC1)c1nc2ccc(F)cc2s1. The third-order valence-corrected chi connectivity index (χ3v) is 6.10. The van der Waals surface area contributed by atoms with E-state index in [1.807, 2.05) is 0 Å². The molecule has 10 heteroatoms. The average molecular weight is 420 g/mol. The minimum atomic E-state index is -0.374. The Kier molecular flexibility index (Phi) is 5.84. The van der Waals surface area contributed by atoms with Gasteiger partial charge in [-0.25, -0.2) is 9.37 Å². The summed E-state index contributed by atoms with van der Waals surface area (Å²) in [5, 5.41) is 0.433. The van der Waals surface area contributed by atoms with Crippen LogP contribution in [0.4, 0.5) is 9.52 Å². The molecule has 8 nitrogen and oxygen atoms in total. The molecular formula is C19H21FN4O4S. The molecule has 2 fully saturated rings. The highest BCUT2D eigenvalue weighted by Gasteiger charge is 2.33. The first-order valence-corrected chi connectivity index (χ1v) is 10.3. The minimum Gasteiger partial charge on any atom is -0.379 e. The summed E-state index contributed by atoms with van der Waals surface area (Å²) in [7, 11) is 0. The second-order valence-corrected chi connectivity index (χ2v) is 7.99. The fourth-order valence-corrected chi connectivity index (χ4v) is 4.45. The summed E-state index contributed by atoms with van der Waals surface area (Å²) in [5.41, 5.74) is 0.601. The molecule has 0 aliphatic carbocycles. The molecule has 2 aromatic rings. The van der Waals surface area contributed by atoms with E-state index in [4.69, 9.17) is 4.74 Å². The molecule has 2 saturated heterocycles. The van der Waals surface area contributed by atoms with E-state index in [0.29, 0.717) is 41.7 Å². The fraction of sp³-hybridized carbons (Fsp3) is 0.474. The van der Waals surface area contributed by atoms with Gasteiger partial charge in [-0.3, -0.25) is 29.1 Å². The Morgan fingerprint density at radius 3 is 2.66 bits per heavy atom. The lowest BCUT2D eigenvalue weighted by atomic mass is 10.3. The Morgan fingerprint density at radius 2 is 1.93 bits per heavy atom. The minimum absolute atomic E-state index is 0.139. The number of rotatable bonds is 6. The molecule has 2 aliphatic heterocycles. The van der Waals surface area contributed by atoms with Crippen molar-refractivity contribution in [2.75, 3.05) is 50.8 Å². The van der Waals surface area contributed by atoms with Crippen molar-refractivity contribution >= 4 is 44.4 Å². The molecule has 4 rings (SSSR count). The Morgan fingerprint density at radius 1 is 1.21 bits per heavy atom. The lowest BCUT2D eigenvalue weighted by Crippen LogP contribution is -2.47. The van der Waals surface area contributed by atoms with Gasteiger partial charge >= 0.3 is 0 Å². The number of imide groups is 1. The number of amides is 3. The van der Waals surface area contributed by atoms with Crippen molar-refractivity contribution in [1.82, 2.24) is 14.8 Å². The van der Waals surface area contributed by atoms with Gasteiger partial charge in [0.2, 0.25) is 17.7 Å². The standard InChI is InChI=1S/C19H21FN4O4S/c20-13-1-2-14-15(11-13)29-19(21-14)23(6-5-22-7-9-28-10-8-22)18(27)12-24-16(25)3-4-17(24)26/h1-2,11H,3-10,12H2. The van der Waals surface area contributed by atoms with Crippen molar-refractivity contribution < 1.29 is 23.5 Å². The fourth-order valence-electron chi connectivity index (χ4n) is 3.41. The number of morpholine rings is 1. The lowest BCUT2D eigenvalue weighted by molar-refractivity contribution is -0.141. The highest BCUT2D eigenvalue weighted by Crippen LogP contribution is 2.29. The van der Waals surface area contributed by atoms with Crippen molar-refractivity contribution in [3.05, 3.63) is 24.0 Å². The topological polar surface area (TPSA) is 83.1 Å². The van der Waals surface area contributed by atoms with Crippen molar-refractivity contribution in [3.63, 3.8) is 0 Å². The maximum Gasteiger partial charge on any atom is 0.248 e. The van der Waals surface area contributed by atoms with Crippen LogP contribution in [0, 0.1) is 5.82 Å². The summed E-state index contributed by atoms with van der Waals surface area (Å²) in [6, 6.07) is 4.28. The van der Waals surface area contributed by atoms with Crippen molar-refractivity contribution in [3.8, 4) is 0 Å². The van der Waals surface area contributed by atoms with E-state index in [1.165, 1.54) is 28.4 Å². The first-order valence-electron chi connectivity index (χ1n) is 9.51. The van der Waals surface area contributed by atoms with Crippen molar-refractivity contribution in [2.24, 2.45) is 0 Å². The quantitative estimate of drug-likeness (QED) is 0.654. The molecular weight excluding hydrogens is 399 g/mol. The zero-order valence-corrected chi connectivity index (χ0v) is 16.6. The highest BCUT2D eigenvalue weighted by molar-refractivity contribution is 7.22. The number of aromatic nitrogens is 1. The van der Waals surface area contributed by atoms with E-state index in [1.54, 1.807) is 6.07 Å². The van der Waals surface area contributed by atoms with Crippen LogP contribution in [-0.2, 0) is 19.1 Å². The normalized spacial score (nSPS) is 18.0. The molecule has 1 aromatic heterocycles. The Hall–Kier alpha value is -2.43. The van der Waals surface area contributed by atoms with E-state index in [9.17, 15) is 18.8 Å². The second kappa shape index (κ2) is 8.52. The van der Waals surface area contributed by atoms with E-state index in [0.717, 1.165) is 18.0 Å². The number of fused-ring (bicyclic) bond motifs is 1. The molecule has 0 N–H and O–H groups in total. The number of carbonyl (C=O) groups excluding carboxylic acids is 3. The van der Waals surface area contributed by atoms with Gasteiger partial charge in [0, 0.05) is 39.0 Å². The van der Waals surface area contributed by atoms with Crippen molar-refractivity contribution in [1.29, 1.82) is 0 Å². The number of carbonyl (C=O) groups is 3. The predicted octanol–water partition coefficient (Wildman–Crippen LogP) is 1.25. The first-order chi connectivity index (χ1) is 14.0. The molecule has 29 heavy (non-hydrogen) atoms. The van der Waals surface area contributed by atoms with Gasteiger partial charge in [-0.2, -0.15) is 0 Å². The van der Waals surface area contributed by atoms with E-state index in [2.05, 4.69) is 9.88 Å². The smallest absolute Gasteiger partial charge is 0.248 e. The summed E-state index contributed by atoms with van der Waals surface area (Å²) in [5.74, 6) is -1.40. The maximum atomic E-state index is 13.6. The summed E-state index contributed by atoms with van der Waals surface area (Å²) in [6.45, 7) is 3.51. The average Bonchev–Trinajstić information content (AvgIpc) is 3.26. The molecule has 0 bridgehead atoms. The number of hydrogen-bond acceptors (Lipinski definition) is 7. The molecule has 0 saturated carbocycles. The highest BCUT2D eigenvalue weighted by atomic mass is 32.1. The number of anilines is 1. The van der Waals surface area contributed by atoms with Crippen LogP contribution in [0.2, 0.25) is 0 Å². The Balaban J connectivity index is 1.55. The Bertz CT molecular complexity index is 927. The van der Waals surface area contributed by atoms with Gasteiger partial charge in [-0.15, -0.1) is 0 Å². The number of likely N-dealkylation sites (tertiary alicyclic amines) is 1. The van der Waals surface area contributed by atoms with Crippen molar-refractivity contribution in [2.45, 2.75) is 12.8 Å². The van der Waals surface area contributed by atoms with E-state index < -0.39 is 0 Å². The summed E-state index contributed by atoms with van der Waals surface area (Å²) < 4.78 is 19.5. The van der Waals surface area contributed by atoms with Gasteiger partial charge in [0.15, 0.2) is 5.13 Å². The number of halogens is 1. The van der Waals surface area contributed by atoms with Gasteiger partial charge < -0.3 is 4.74 Å². The molecule has 2 aliphatic rings. The second-order valence-electron chi connectivity index (χ2n) is 6.98. The van der Waals surface area contributed by atoms with Gasteiger partial charge in [0.25, 0.3) is 0 Å². The molecule has 1 aromatic carbocycles. The summed E-state index contributed by atoms with van der Waals surface area (Å²) in [4.78, 5) is 46.0. The largest absolute Gasteiger partial charge is 0.379 e. The molecule has 0 spiro atoms.